The van der Waals surface area contributed by atoms with Crippen LogP contribution in [-0.4, -0.2) is 105 Å². The number of anilines is 1. The minimum Gasteiger partial charge on any atom is -0.508 e. The topological polar surface area (TPSA) is 368 Å². The summed E-state index contributed by atoms with van der Waals surface area (Å²) < 4.78 is 49.7. The number of nitrogens with one attached hydrogen (secondary N) is 2. The molecule has 2 aromatic carbocycles. The van der Waals surface area contributed by atoms with Gasteiger partial charge in [-0.05, 0) is 42.0 Å². The van der Waals surface area contributed by atoms with Gasteiger partial charge in [-0.2, -0.15) is 4.31 Å². The zero-order chi connectivity index (χ0) is 43.1. The first-order valence-corrected chi connectivity index (χ1v) is 20.2. The molecule has 3 aliphatic rings. The molecule has 0 radical (unpaired) electrons. The number of imidazole rings is 1. The number of ether oxygens (including phenoxy) is 2. The number of phenols is 1. The van der Waals surface area contributed by atoms with Crippen LogP contribution < -0.4 is 21.8 Å². The lowest BCUT2D eigenvalue weighted by molar-refractivity contribution is -0.0522. The Kier molecular flexibility index (Phi) is 11.4. The molecule has 1 saturated heterocycles. The summed E-state index contributed by atoms with van der Waals surface area (Å²) in [6.07, 6.45) is -5.32. The van der Waals surface area contributed by atoms with Gasteiger partial charge in [0.1, 0.15) is 41.1 Å². The summed E-state index contributed by atoms with van der Waals surface area (Å²) in [5, 5.41) is 36.7. The predicted octanol–water partition coefficient (Wildman–Crippen LogP) is 1.70. The lowest BCUT2D eigenvalue weighted by Crippen LogP contribution is -2.41. The van der Waals surface area contributed by atoms with E-state index in [9.17, 15) is 48.5 Å². The van der Waals surface area contributed by atoms with Gasteiger partial charge in [-0.25, -0.2) is 33.7 Å². The van der Waals surface area contributed by atoms with Gasteiger partial charge in [0.05, 0.1) is 18.5 Å². The minimum absolute atomic E-state index is 0.0307. The van der Waals surface area contributed by atoms with Crippen LogP contribution >= 0.6 is 15.6 Å². The largest absolute Gasteiger partial charge is 0.508 e. The first-order chi connectivity index (χ1) is 28.4. The first-order valence-electron chi connectivity index (χ1n) is 17.2. The molecule has 2 amide bonds. The van der Waals surface area contributed by atoms with Crippen LogP contribution in [0.3, 0.4) is 0 Å². The third-order valence-electron chi connectivity index (χ3n) is 8.97. The van der Waals surface area contributed by atoms with Crippen LogP contribution in [-0.2, 0) is 27.4 Å². The Morgan fingerprint density at radius 1 is 0.950 bits per heavy atom. The standard InChI is InChI=1S/C34H31N7O17P2/c35-29-26-30(39-13-38-29)41(14-40-26)32-28(27(44)24(56-32)12-54-60(52,53)58-59(49,50)51)57-34(48)37-8-7-36-31(45)15-1-4-18(21(9-15)33(46)47)25-19-5-2-16(42)10-22(19)55-23-11-17(43)3-6-20(23)25/h1-6,9-11,13-14,24,27-28,32,42,44H,7-8,12H2,(H,36,45)(H,37,48)(H,46,47)(H,52,53)(H2,35,38,39)(H2,49,50,51)/t24-,27-,28-,32-/m1/s1. The van der Waals surface area contributed by atoms with Gasteiger partial charge in [0.15, 0.2) is 29.2 Å². The second-order valence-electron chi connectivity index (χ2n) is 12.9. The summed E-state index contributed by atoms with van der Waals surface area (Å²) in [5.74, 6) is -2.13. The van der Waals surface area contributed by atoms with Gasteiger partial charge in [-0.1, -0.05) is 6.07 Å². The summed E-state index contributed by atoms with van der Waals surface area (Å²) in [5.41, 5.74) is 6.46. The molecule has 0 bridgehead atoms. The molecule has 2 aliphatic heterocycles. The number of carboxylic acids is 1. The second kappa shape index (κ2) is 16.4. The molecule has 0 saturated carbocycles. The van der Waals surface area contributed by atoms with Crippen LogP contribution in [0.25, 0.3) is 44.6 Å². The molecule has 24 nitrogen and oxygen atoms in total. The highest BCUT2D eigenvalue weighted by molar-refractivity contribution is 7.60. The normalized spacial score (nSPS) is 19.0. The number of aliphatic hydroxyl groups is 1. The van der Waals surface area contributed by atoms with E-state index in [1.807, 2.05) is 0 Å². The number of benzene rings is 3. The number of carboxylic acid groups (broad SMARTS) is 1. The lowest BCUT2D eigenvalue weighted by Gasteiger charge is -2.22. The number of aromatic carboxylic acids is 1. The van der Waals surface area contributed by atoms with Crippen molar-refractivity contribution in [3.05, 3.63) is 88.6 Å². The number of aromatic nitrogens is 4. The summed E-state index contributed by atoms with van der Waals surface area (Å²) in [7, 11) is -10.9. The number of phosphoric acid groups is 2. The number of carbonyl (C=O) groups excluding carboxylic acids is 2. The van der Waals surface area contributed by atoms with E-state index in [0.717, 1.165) is 12.4 Å². The molecule has 2 aromatic heterocycles. The van der Waals surface area contributed by atoms with Gasteiger partial charge in [0.25, 0.3) is 5.91 Å². The van der Waals surface area contributed by atoms with Crippen molar-refractivity contribution in [2.75, 3.05) is 25.4 Å². The number of amides is 2. The highest BCUT2D eigenvalue weighted by Crippen LogP contribution is 2.57. The summed E-state index contributed by atoms with van der Waals surface area (Å²) >= 11 is 0. The van der Waals surface area contributed by atoms with Gasteiger partial charge in [0.2, 0.25) is 0 Å². The molecule has 7 rings (SSSR count). The Morgan fingerprint density at radius 3 is 2.45 bits per heavy atom. The molecule has 5 atom stereocenters. The Morgan fingerprint density at radius 2 is 1.70 bits per heavy atom. The smallest absolute Gasteiger partial charge is 0.481 e. The fraction of sp³-hybridized carbons (Fsp3) is 0.206. The van der Waals surface area contributed by atoms with Crippen LogP contribution in [0, 0.1) is 0 Å². The quantitative estimate of drug-likeness (QED) is 0.0453. The Balaban J connectivity index is 1.03. The number of carbonyl (C=O) groups is 3. The number of alkyl carbamates (subject to hydrolysis) is 1. The summed E-state index contributed by atoms with van der Waals surface area (Å²) in [4.78, 5) is 90.3. The number of hydrogen-bond donors (Lipinski definition) is 9. The number of phosphoric ester groups is 1. The highest BCUT2D eigenvalue weighted by Gasteiger charge is 2.49. The van der Waals surface area contributed by atoms with Crippen molar-refractivity contribution < 1.29 is 76.2 Å². The molecule has 60 heavy (non-hydrogen) atoms. The van der Waals surface area contributed by atoms with Crippen LogP contribution in [0.1, 0.15) is 26.9 Å². The number of fused-ring (bicyclic) bond motifs is 3. The second-order valence-corrected chi connectivity index (χ2v) is 15.7. The van der Waals surface area contributed by atoms with Crippen LogP contribution in [0.5, 0.6) is 5.75 Å². The Bertz CT molecular complexity index is 2790. The molecule has 26 heteroatoms. The van der Waals surface area contributed by atoms with Crippen molar-refractivity contribution >= 4 is 61.6 Å². The number of aliphatic hydroxyl groups excluding tert-OH is 1. The molecule has 314 valence electrons. The molecule has 0 spiro atoms. The van der Waals surface area contributed by atoms with Crippen molar-refractivity contribution in [1.29, 1.82) is 0 Å². The van der Waals surface area contributed by atoms with Crippen LogP contribution in [0.15, 0.2) is 76.5 Å². The first kappa shape index (κ1) is 41.8. The maximum absolute atomic E-state index is 13.2. The monoisotopic (exact) mass is 871 g/mol. The molecule has 1 aliphatic carbocycles. The number of nitrogens with two attached hydrogens (primary N) is 1. The lowest BCUT2D eigenvalue weighted by atomic mass is 9.90. The Labute approximate surface area is 334 Å². The number of hydrogen-bond acceptors (Lipinski definition) is 17. The fourth-order valence-corrected chi connectivity index (χ4v) is 8.03. The van der Waals surface area contributed by atoms with Crippen LogP contribution in [0.2, 0.25) is 0 Å². The molecule has 1 fully saturated rings. The van der Waals surface area contributed by atoms with E-state index in [4.69, 9.17) is 29.4 Å². The van der Waals surface area contributed by atoms with Gasteiger partial charge in [0, 0.05) is 47.3 Å². The van der Waals surface area contributed by atoms with Crippen molar-refractivity contribution in [1.82, 2.24) is 30.2 Å². The maximum Gasteiger partial charge on any atom is 0.481 e. The van der Waals surface area contributed by atoms with Gasteiger partial charge >= 0.3 is 27.7 Å². The zero-order valence-corrected chi connectivity index (χ0v) is 32.0. The van der Waals surface area contributed by atoms with E-state index >= 15 is 0 Å². The Hall–Kier alpha value is -6.33. The van der Waals surface area contributed by atoms with E-state index in [0.29, 0.717) is 16.5 Å². The molecule has 4 aromatic rings. The highest BCUT2D eigenvalue weighted by atomic mass is 31.3. The number of rotatable bonds is 13. The number of aromatic hydroxyl groups is 1. The van der Waals surface area contributed by atoms with E-state index in [1.54, 1.807) is 0 Å². The van der Waals surface area contributed by atoms with E-state index in [2.05, 4.69) is 34.4 Å². The number of nitrogen functional groups attached to an aromatic ring is 1. The average Bonchev–Trinajstić information content (AvgIpc) is 3.74. The molecular weight excluding hydrogens is 840 g/mol. The molecule has 4 heterocycles. The van der Waals surface area contributed by atoms with E-state index < -0.39 is 64.8 Å². The number of nitrogens with zero attached hydrogens (tertiary/aromatic N) is 4. The van der Waals surface area contributed by atoms with E-state index in [-0.39, 0.29) is 69.3 Å². The third kappa shape index (κ3) is 8.82. The van der Waals surface area contributed by atoms with E-state index in [1.165, 1.54) is 59.4 Å². The third-order valence-corrected chi connectivity index (χ3v) is 11.1. The zero-order valence-electron chi connectivity index (χ0n) is 30.2. The fourth-order valence-electron chi connectivity index (χ4n) is 6.43. The van der Waals surface area contributed by atoms with Crippen molar-refractivity contribution in [2.24, 2.45) is 0 Å². The molecule has 10 N–H and O–H groups in total. The predicted molar refractivity (Wildman–Crippen MR) is 202 cm³/mol. The van der Waals surface area contributed by atoms with Gasteiger partial charge < -0.3 is 60.3 Å². The maximum atomic E-state index is 13.2. The van der Waals surface area contributed by atoms with Gasteiger partial charge in [-0.3, -0.25) is 18.7 Å². The molecular formula is C34H31N7O17P2. The number of phenolic OH excluding ortho intramolecular Hbond substituents is 1. The van der Waals surface area contributed by atoms with Crippen molar-refractivity contribution in [3.63, 3.8) is 0 Å². The summed E-state index contributed by atoms with van der Waals surface area (Å²) in [6, 6.07) is 12.2. The SMILES string of the molecule is Nc1ncnc2c1ncn2[C@@H]1O[C@H](COP(=O)(O)OP(=O)(O)O)[C@@H](O)[C@H]1OC(=O)NCCNC(=O)c1ccc(-c2c3ccc(=O)cc-3oc3cc(O)ccc23)c(C(=O)O)c1. The molecule has 1 unspecified atom stereocenters. The average molecular weight is 872 g/mol. The van der Waals surface area contributed by atoms with Crippen molar-refractivity contribution in [3.8, 4) is 28.2 Å². The van der Waals surface area contributed by atoms with Crippen LogP contribution in [0.4, 0.5) is 10.6 Å². The summed E-state index contributed by atoms with van der Waals surface area (Å²) in [6.45, 7) is -1.47. The van der Waals surface area contributed by atoms with Gasteiger partial charge in [-0.15, -0.1) is 0 Å². The minimum atomic E-state index is -5.48. The van der Waals surface area contributed by atoms with Crippen molar-refractivity contribution in [2.45, 2.75) is 24.5 Å².